The van der Waals surface area contributed by atoms with Crippen LogP contribution in [0.2, 0.25) is 0 Å². The molecule has 2 heterocycles. The van der Waals surface area contributed by atoms with Crippen LogP contribution in [0.5, 0.6) is 0 Å². The van der Waals surface area contributed by atoms with Crippen LogP contribution in [0.3, 0.4) is 0 Å². The molecule has 0 spiro atoms. The minimum Gasteiger partial charge on any atom is -0.358 e. The van der Waals surface area contributed by atoms with Crippen LogP contribution in [0.1, 0.15) is 12.5 Å². The van der Waals surface area contributed by atoms with Crippen molar-refractivity contribution in [3.05, 3.63) is 23.9 Å². The van der Waals surface area contributed by atoms with Gasteiger partial charge in [0.1, 0.15) is 5.82 Å². The van der Waals surface area contributed by atoms with E-state index < -0.39 is 17.4 Å². The second-order valence-corrected chi connectivity index (χ2v) is 4.39. The molecule has 1 aromatic heterocycles. The fourth-order valence-corrected chi connectivity index (χ4v) is 2.27. The summed E-state index contributed by atoms with van der Waals surface area (Å²) in [5.41, 5.74) is -1.22. The average Bonchev–Trinajstić information content (AvgIpc) is 2.51. The van der Waals surface area contributed by atoms with Gasteiger partial charge in [-0.15, -0.1) is 0 Å². The molecular formula is C11H11F3N2O. The number of hydrogen-bond acceptors (Lipinski definition) is 3. The van der Waals surface area contributed by atoms with Gasteiger partial charge in [0.05, 0.1) is 5.41 Å². The SMILES string of the molecule is CN1CC(C)(C(=O)C(F)(F)F)c2cccnc21. The number of fused-ring (bicyclic) bond motifs is 1. The van der Waals surface area contributed by atoms with Crippen LogP contribution in [0, 0.1) is 0 Å². The average molecular weight is 244 g/mol. The van der Waals surface area contributed by atoms with Crippen molar-refractivity contribution in [2.24, 2.45) is 0 Å². The first kappa shape index (κ1) is 11.9. The summed E-state index contributed by atoms with van der Waals surface area (Å²) in [6.07, 6.45) is -3.33. The molecule has 3 nitrogen and oxygen atoms in total. The van der Waals surface area contributed by atoms with Crippen molar-refractivity contribution in [2.75, 3.05) is 18.5 Å². The van der Waals surface area contributed by atoms with Crippen molar-refractivity contribution in [3.8, 4) is 0 Å². The summed E-state index contributed by atoms with van der Waals surface area (Å²) in [7, 11) is 1.63. The number of hydrogen-bond donors (Lipinski definition) is 0. The molecule has 1 aliphatic heterocycles. The van der Waals surface area contributed by atoms with Gasteiger partial charge in [-0.1, -0.05) is 6.07 Å². The fraction of sp³-hybridized carbons (Fsp3) is 0.455. The zero-order chi connectivity index (χ0) is 12.8. The quantitative estimate of drug-likeness (QED) is 0.756. The largest absolute Gasteiger partial charge is 0.450 e. The number of pyridine rings is 1. The number of rotatable bonds is 1. The number of anilines is 1. The molecule has 0 saturated carbocycles. The van der Waals surface area contributed by atoms with E-state index in [2.05, 4.69) is 4.98 Å². The lowest BCUT2D eigenvalue weighted by Gasteiger charge is -2.24. The van der Waals surface area contributed by atoms with E-state index in [1.54, 1.807) is 18.0 Å². The molecule has 6 heteroatoms. The third kappa shape index (κ3) is 1.67. The molecule has 1 aromatic rings. The van der Waals surface area contributed by atoms with Gasteiger partial charge in [-0.25, -0.2) is 4.98 Å². The number of nitrogens with zero attached hydrogens (tertiary/aromatic N) is 2. The second-order valence-electron chi connectivity index (χ2n) is 4.39. The van der Waals surface area contributed by atoms with E-state index in [1.165, 1.54) is 19.2 Å². The number of Topliss-reactive ketones (excluding diaryl/α,β-unsaturated/α-hetero) is 1. The summed E-state index contributed by atoms with van der Waals surface area (Å²) in [6, 6.07) is 3.06. The van der Waals surface area contributed by atoms with Crippen LogP contribution >= 0.6 is 0 Å². The second kappa shape index (κ2) is 3.45. The molecule has 0 amide bonds. The third-order valence-corrected chi connectivity index (χ3v) is 3.05. The highest BCUT2D eigenvalue weighted by Gasteiger charge is 2.55. The lowest BCUT2D eigenvalue weighted by Crippen LogP contribution is -2.44. The molecule has 0 aliphatic carbocycles. The van der Waals surface area contributed by atoms with Gasteiger partial charge in [0.15, 0.2) is 0 Å². The number of likely N-dealkylation sites (N-methyl/N-ethyl adjacent to an activating group) is 1. The zero-order valence-corrected chi connectivity index (χ0v) is 9.38. The normalized spacial score (nSPS) is 23.7. The van der Waals surface area contributed by atoms with Crippen LogP contribution < -0.4 is 4.90 Å². The molecule has 1 atom stereocenters. The Bertz CT molecular complexity index is 472. The molecule has 2 rings (SSSR count). The molecular weight excluding hydrogens is 233 g/mol. The summed E-state index contributed by atoms with van der Waals surface area (Å²) in [5.74, 6) is -1.28. The van der Waals surface area contributed by atoms with E-state index in [1.807, 2.05) is 0 Å². The number of carbonyl (C=O) groups is 1. The van der Waals surface area contributed by atoms with Gasteiger partial charge in [-0.05, 0) is 13.0 Å². The van der Waals surface area contributed by atoms with E-state index >= 15 is 0 Å². The van der Waals surface area contributed by atoms with Crippen molar-refractivity contribution >= 4 is 11.6 Å². The molecule has 17 heavy (non-hydrogen) atoms. The lowest BCUT2D eigenvalue weighted by atomic mass is 9.80. The maximum atomic E-state index is 12.6. The molecule has 0 bridgehead atoms. The Morgan fingerprint density at radius 1 is 1.53 bits per heavy atom. The maximum Gasteiger partial charge on any atom is 0.450 e. The molecule has 0 fully saturated rings. The molecule has 0 radical (unpaired) electrons. The number of ketones is 1. The van der Waals surface area contributed by atoms with Crippen molar-refractivity contribution in [1.29, 1.82) is 0 Å². The van der Waals surface area contributed by atoms with E-state index in [4.69, 9.17) is 0 Å². The minimum absolute atomic E-state index is 0.00229. The van der Waals surface area contributed by atoms with Gasteiger partial charge in [0.25, 0.3) is 0 Å². The monoisotopic (exact) mass is 244 g/mol. The van der Waals surface area contributed by atoms with Gasteiger partial charge in [-0.3, -0.25) is 4.79 Å². The van der Waals surface area contributed by atoms with Crippen molar-refractivity contribution < 1.29 is 18.0 Å². The van der Waals surface area contributed by atoms with Gasteiger partial charge in [-0.2, -0.15) is 13.2 Å². The number of aromatic nitrogens is 1. The Morgan fingerprint density at radius 3 is 2.76 bits per heavy atom. The zero-order valence-electron chi connectivity index (χ0n) is 9.38. The molecule has 92 valence electrons. The first-order valence-corrected chi connectivity index (χ1v) is 5.05. The Kier molecular flexibility index (Phi) is 2.41. The number of carbonyl (C=O) groups excluding carboxylic acids is 1. The van der Waals surface area contributed by atoms with Crippen LogP contribution in [0.25, 0.3) is 0 Å². The van der Waals surface area contributed by atoms with Crippen LogP contribution in [-0.2, 0) is 10.2 Å². The Balaban J connectivity index is 2.52. The number of alkyl halides is 3. The number of halogens is 3. The van der Waals surface area contributed by atoms with E-state index in [0.29, 0.717) is 11.4 Å². The molecule has 0 saturated heterocycles. The Labute approximate surface area is 96.3 Å². The van der Waals surface area contributed by atoms with E-state index in [9.17, 15) is 18.0 Å². The maximum absolute atomic E-state index is 12.6. The molecule has 0 aromatic carbocycles. The predicted octanol–water partition coefficient (Wildman–Crippen LogP) is 1.92. The van der Waals surface area contributed by atoms with Crippen molar-refractivity contribution in [1.82, 2.24) is 4.98 Å². The van der Waals surface area contributed by atoms with Crippen LogP contribution in [0.4, 0.5) is 19.0 Å². The molecule has 0 N–H and O–H groups in total. The molecule has 1 aliphatic rings. The molecule has 1 unspecified atom stereocenters. The van der Waals surface area contributed by atoms with Crippen LogP contribution in [-0.4, -0.2) is 30.5 Å². The van der Waals surface area contributed by atoms with Gasteiger partial charge in [0, 0.05) is 25.4 Å². The van der Waals surface area contributed by atoms with Crippen LogP contribution in [0.15, 0.2) is 18.3 Å². The van der Waals surface area contributed by atoms with Gasteiger partial charge < -0.3 is 4.90 Å². The van der Waals surface area contributed by atoms with Crippen molar-refractivity contribution in [3.63, 3.8) is 0 Å². The highest BCUT2D eigenvalue weighted by molar-refractivity contribution is 5.97. The highest BCUT2D eigenvalue weighted by atomic mass is 19.4. The predicted molar refractivity (Wildman–Crippen MR) is 55.9 cm³/mol. The smallest absolute Gasteiger partial charge is 0.358 e. The summed E-state index contributed by atoms with van der Waals surface area (Å²) >= 11 is 0. The van der Waals surface area contributed by atoms with Gasteiger partial charge >= 0.3 is 6.18 Å². The summed E-state index contributed by atoms with van der Waals surface area (Å²) in [6.45, 7) is 1.31. The standard InChI is InChI=1S/C11H11F3N2O/c1-10(9(17)11(12,13)14)6-16(2)8-7(10)4-3-5-15-8/h3-5H,6H2,1-2H3. The summed E-state index contributed by atoms with van der Waals surface area (Å²) in [4.78, 5) is 17.1. The lowest BCUT2D eigenvalue weighted by molar-refractivity contribution is -0.176. The highest BCUT2D eigenvalue weighted by Crippen LogP contribution is 2.42. The topological polar surface area (TPSA) is 33.2 Å². The van der Waals surface area contributed by atoms with Crippen molar-refractivity contribution in [2.45, 2.75) is 18.5 Å². The third-order valence-electron chi connectivity index (χ3n) is 3.05. The Morgan fingerprint density at radius 2 is 2.18 bits per heavy atom. The minimum atomic E-state index is -4.83. The fourth-order valence-electron chi connectivity index (χ4n) is 2.27. The van der Waals surface area contributed by atoms with E-state index in [0.717, 1.165) is 0 Å². The van der Waals surface area contributed by atoms with E-state index in [-0.39, 0.29) is 6.54 Å². The van der Waals surface area contributed by atoms with Gasteiger partial charge in [0.2, 0.25) is 5.78 Å². The first-order valence-electron chi connectivity index (χ1n) is 5.05. The first-order chi connectivity index (χ1) is 7.77. The summed E-state index contributed by atoms with van der Waals surface area (Å²) < 4.78 is 37.7. The Hall–Kier alpha value is -1.59. The summed E-state index contributed by atoms with van der Waals surface area (Å²) in [5, 5.41) is 0.